The van der Waals surface area contributed by atoms with E-state index in [0.717, 1.165) is 31.2 Å². The monoisotopic (exact) mass is 359 g/mol. The van der Waals surface area contributed by atoms with Gasteiger partial charge in [0.05, 0.1) is 4.90 Å². The van der Waals surface area contributed by atoms with Gasteiger partial charge < -0.3 is 0 Å². The third-order valence-electron chi connectivity index (χ3n) is 4.85. The molecule has 3 nitrogen and oxygen atoms in total. The van der Waals surface area contributed by atoms with Crippen LogP contribution in [0.1, 0.15) is 37.7 Å². The minimum absolute atomic E-state index is 0.164. The lowest BCUT2D eigenvalue weighted by molar-refractivity contribution is 0.237. The van der Waals surface area contributed by atoms with Gasteiger partial charge in [-0.05, 0) is 37.8 Å². The van der Waals surface area contributed by atoms with Crippen molar-refractivity contribution in [2.45, 2.75) is 50.0 Å². The van der Waals surface area contributed by atoms with Crippen molar-refractivity contribution >= 4 is 10.0 Å². The molecular weight excluding hydrogens is 330 g/mol. The quantitative estimate of drug-likeness (QED) is 0.491. The largest absolute Gasteiger partial charge is 0.243 e. The van der Waals surface area contributed by atoms with Crippen LogP contribution in [0.2, 0.25) is 0 Å². The van der Waals surface area contributed by atoms with Crippen molar-refractivity contribution in [2.24, 2.45) is 5.92 Å². The first-order chi connectivity index (χ1) is 12.0. The highest BCUT2D eigenvalue weighted by molar-refractivity contribution is 7.89. The van der Waals surface area contributed by atoms with Gasteiger partial charge in [-0.25, -0.2) is 8.42 Å². The molecule has 4 heteroatoms. The lowest BCUT2D eigenvalue weighted by atomic mass is 9.83. The van der Waals surface area contributed by atoms with Crippen LogP contribution in [-0.2, 0) is 10.0 Å². The lowest BCUT2D eigenvalue weighted by Crippen LogP contribution is -2.44. The molecule has 0 aromatic heterocycles. The number of benzene rings is 1. The number of sulfonamides is 1. The molecule has 1 aromatic carbocycles. The van der Waals surface area contributed by atoms with Crippen molar-refractivity contribution in [2.75, 3.05) is 6.54 Å². The van der Waals surface area contributed by atoms with Crippen LogP contribution in [0.3, 0.4) is 0 Å². The van der Waals surface area contributed by atoms with Gasteiger partial charge in [0.2, 0.25) is 10.0 Å². The molecule has 2 rings (SSSR count). The van der Waals surface area contributed by atoms with Gasteiger partial charge in [-0.15, -0.1) is 6.58 Å². The molecule has 1 aliphatic carbocycles. The Labute approximate surface area is 152 Å². The summed E-state index contributed by atoms with van der Waals surface area (Å²) >= 11 is 0. The van der Waals surface area contributed by atoms with Gasteiger partial charge in [0.25, 0.3) is 0 Å². The summed E-state index contributed by atoms with van der Waals surface area (Å²) in [6.45, 7) is 9.78. The standard InChI is InChI=1S/C21H29NO2S/c1-4-6-12-21(19-10-8-7-9-11-19)22(17-5-2)25(23,24)20-15-13-18(3)14-16-20/h4-6,12-16,19,21H,1-2,7-11,17H2,3H3/b12-6-/t21-/m0/s1. The Morgan fingerprint density at radius 3 is 2.36 bits per heavy atom. The fourth-order valence-electron chi connectivity index (χ4n) is 3.51. The number of allylic oxidation sites excluding steroid dienone is 2. The molecule has 1 saturated carbocycles. The number of rotatable bonds is 8. The molecule has 0 bridgehead atoms. The zero-order chi connectivity index (χ0) is 18.3. The summed E-state index contributed by atoms with van der Waals surface area (Å²) in [5, 5.41) is 0. The molecule has 1 aliphatic rings. The van der Waals surface area contributed by atoms with Crippen LogP contribution in [0.4, 0.5) is 0 Å². The third-order valence-corrected chi connectivity index (χ3v) is 6.72. The molecule has 0 amide bonds. The van der Waals surface area contributed by atoms with E-state index in [4.69, 9.17) is 0 Å². The van der Waals surface area contributed by atoms with E-state index in [0.29, 0.717) is 17.4 Å². The SMILES string of the molecule is C=C/C=C\[C@@H](C1CCCCC1)N(CC=C)S(=O)(=O)c1ccc(C)cc1. The van der Waals surface area contributed by atoms with Gasteiger partial charge >= 0.3 is 0 Å². The van der Waals surface area contributed by atoms with Crippen LogP contribution in [0.5, 0.6) is 0 Å². The Morgan fingerprint density at radius 2 is 1.80 bits per heavy atom. The second-order valence-corrected chi connectivity index (χ2v) is 8.58. The van der Waals surface area contributed by atoms with E-state index in [9.17, 15) is 8.42 Å². The first-order valence-electron chi connectivity index (χ1n) is 8.99. The summed E-state index contributed by atoms with van der Waals surface area (Å²) in [7, 11) is -3.58. The Kier molecular flexibility index (Phi) is 7.21. The van der Waals surface area contributed by atoms with Crippen molar-refractivity contribution in [3.8, 4) is 0 Å². The number of hydrogen-bond donors (Lipinski definition) is 0. The molecule has 0 saturated heterocycles. The highest BCUT2D eigenvalue weighted by Gasteiger charge is 2.34. The second-order valence-electron chi connectivity index (χ2n) is 6.69. The molecule has 25 heavy (non-hydrogen) atoms. The van der Waals surface area contributed by atoms with Crippen LogP contribution >= 0.6 is 0 Å². The maximum Gasteiger partial charge on any atom is 0.243 e. The van der Waals surface area contributed by atoms with Crippen LogP contribution < -0.4 is 0 Å². The van der Waals surface area contributed by atoms with E-state index < -0.39 is 10.0 Å². The molecule has 136 valence electrons. The van der Waals surface area contributed by atoms with Crippen LogP contribution in [0.15, 0.2) is 66.6 Å². The van der Waals surface area contributed by atoms with Crippen molar-refractivity contribution in [1.29, 1.82) is 0 Å². The molecule has 1 aromatic rings. The summed E-state index contributed by atoms with van der Waals surface area (Å²) in [6, 6.07) is 6.90. The molecule has 0 N–H and O–H groups in total. The van der Waals surface area contributed by atoms with E-state index in [-0.39, 0.29) is 6.04 Å². The molecule has 0 unspecified atom stereocenters. The number of nitrogens with zero attached hydrogens (tertiary/aromatic N) is 1. The minimum Gasteiger partial charge on any atom is -0.207 e. The summed E-state index contributed by atoms with van der Waals surface area (Å²) in [4.78, 5) is 0.341. The first-order valence-corrected chi connectivity index (χ1v) is 10.4. The Morgan fingerprint density at radius 1 is 1.16 bits per heavy atom. The number of aryl methyl sites for hydroxylation is 1. The van der Waals surface area contributed by atoms with Crippen molar-refractivity contribution in [3.63, 3.8) is 0 Å². The molecule has 1 fully saturated rings. The molecular formula is C21H29NO2S. The van der Waals surface area contributed by atoms with E-state index >= 15 is 0 Å². The normalized spacial score (nSPS) is 17.7. The average Bonchev–Trinajstić information content (AvgIpc) is 2.62. The fraction of sp³-hybridized carbons (Fsp3) is 0.429. The smallest absolute Gasteiger partial charge is 0.207 e. The zero-order valence-electron chi connectivity index (χ0n) is 15.1. The Balaban J connectivity index is 2.42. The van der Waals surface area contributed by atoms with E-state index in [2.05, 4.69) is 13.2 Å². The first kappa shape index (κ1) is 19.7. The van der Waals surface area contributed by atoms with Gasteiger partial charge in [-0.3, -0.25) is 0 Å². The van der Waals surface area contributed by atoms with Crippen molar-refractivity contribution < 1.29 is 8.42 Å². The molecule has 1 atom stereocenters. The van der Waals surface area contributed by atoms with Crippen molar-refractivity contribution in [3.05, 3.63) is 67.3 Å². The van der Waals surface area contributed by atoms with E-state index in [1.54, 1.807) is 28.6 Å². The van der Waals surface area contributed by atoms with Gasteiger partial charge in [-0.1, -0.05) is 67.8 Å². The van der Waals surface area contributed by atoms with Gasteiger partial charge in [0.1, 0.15) is 0 Å². The van der Waals surface area contributed by atoms with Crippen LogP contribution in [-0.4, -0.2) is 25.3 Å². The maximum atomic E-state index is 13.3. The highest BCUT2D eigenvalue weighted by atomic mass is 32.2. The van der Waals surface area contributed by atoms with Crippen molar-refractivity contribution in [1.82, 2.24) is 4.31 Å². The predicted octanol–water partition coefficient (Wildman–Crippen LogP) is 4.86. The lowest BCUT2D eigenvalue weighted by Gasteiger charge is -2.36. The number of hydrogen-bond acceptors (Lipinski definition) is 2. The summed E-state index contributed by atoms with van der Waals surface area (Å²) in [6.07, 6.45) is 12.9. The van der Waals surface area contributed by atoms with Gasteiger partial charge in [0, 0.05) is 12.6 Å². The molecule has 0 heterocycles. The van der Waals surface area contributed by atoms with Crippen LogP contribution in [0.25, 0.3) is 0 Å². The summed E-state index contributed by atoms with van der Waals surface area (Å²) < 4.78 is 28.2. The Hall–Kier alpha value is -1.65. The topological polar surface area (TPSA) is 37.4 Å². The molecule has 0 aliphatic heterocycles. The van der Waals surface area contributed by atoms with Gasteiger partial charge in [-0.2, -0.15) is 4.31 Å². The Bertz CT molecular complexity index is 698. The predicted molar refractivity (Wildman–Crippen MR) is 105 cm³/mol. The fourth-order valence-corrected chi connectivity index (χ4v) is 5.12. The maximum absolute atomic E-state index is 13.3. The van der Waals surface area contributed by atoms with Gasteiger partial charge in [0.15, 0.2) is 0 Å². The van der Waals surface area contributed by atoms with E-state index in [1.165, 1.54) is 6.42 Å². The molecule has 0 spiro atoms. The van der Waals surface area contributed by atoms with E-state index in [1.807, 2.05) is 31.2 Å². The zero-order valence-corrected chi connectivity index (χ0v) is 15.9. The average molecular weight is 360 g/mol. The summed E-state index contributed by atoms with van der Waals surface area (Å²) in [5.74, 6) is 0.338. The van der Waals surface area contributed by atoms with Crippen LogP contribution in [0, 0.1) is 12.8 Å². The summed E-state index contributed by atoms with van der Waals surface area (Å²) in [5.41, 5.74) is 1.05. The minimum atomic E-state index is -3.58. The third kappa shape index (κ3) is 4.93. The second kappa shape index (κ2) is 9.16. The molecule has 0 radical (unpaired) electrons. The highest BCUT2D eigenvalue weighted by Crippen LogP contribution is 2.32.